The predicted octanol–water partition coefficient (Wildman–Crippen LogP) is 2.18. The summed E-state index contributed by atoms with van der Waals surface area (Å²) in [7, 11) is 0. The van der Waals surface area contributed by atoms with Crippen LogP contribution in [0, 0.1) is 17.8 Å². The van der Waals surface area contributed by atoms with E-state index in [0.29, 0.717) is 11.8 Å². The van der Waals surface area contributed by atoms with Gasteiger partial charge >= 0.3 is 0 Å². The van der Waals surface area contributed by atoms with Gasteiger partial charge in [-0.05, 0) is 43.6 Å². The van der Waals surface area contributed by atoms with Crippen molar-refractivity contribution in [1.82, 2.24) is 0 Å². The molecule has 0 radical (unpaired) electrons. The zero-order valence-corrected chi connectivity index (χ0v) is 11.6. The molecule has 4 fully saturated rings. The van der Waals surface area contributed by atoms with E-state index in [-0.39, 0.29) is 5.92 Å². The minimum absolute atomic E-state index is 0.157. The number of hydrogen-bond acceptors (Lipinski definition) is 4. The Bertz CT molecular complexity index is 436. The van der Waals surface area contributed by atoms with Crippen LogP contribution in [0.15, 0.2) is 12.2 Å². The van der Waals surface area contributed by atoms with Crippen molar-refractivity contribution < 1.29 is 19.3 Å². The highest BCUT2D eigenvalue weighted by molar-refractivity contribution is 5.23. The van der Waals surface area contributed by atoms with E-state index in [1.807, 2.05) is 6.92 Å². The first-order chi connectivity index (χ1) is 8.96. The van der Waals surface area contributed by atoms with E-state index in [1.165, 1.54) is 0 Å². The second-order valence-electron chi connectivity index (χ2n) is 6.85. The van der Waals surface area contributed by atoms with Gasteiger partial charge in [0.25, 0.3) is 0 Å². The summed E-state index contributed by atoms with van der Waals surface area (Å²) in [6.07, 6.45) is 2.82. The fourth-order valence-corrected chi connectivity index (χ4v) is 4.83. The van der Waals surface area contributed by atoms with Gasteiger partial charge in [-0.1, -0.05) is 13.5 Å². The van der Waals surface area contributed by atoms with Crippen LogP contribution >= 0.6 is 0 Å². The lowest BCUT2D eigenvalue weighted by Crippen LogP contribution is -2.64. The zero-order chi connectivity index (χ0) is 13.4. The average Bonchev–Trinajstić information content (AvgIpc) is 2.56. The molecule has 106 valence electrons. The molecule has 1 saturated carbocycles. The van der Waals surface area contributed by atoms with Gasteiger partial charge in [-0.15, -0.1) is 0 Å². The summed E-state index contributed by atoms with van der Waals surface area (Å²) in [6, 6.07) is 0. The zero-order valence-electron chi connectivity index (χ0n) is 11.6. The fraction of sp³-hybridized carbons (Fsp3) is 0.867. The van der Waals surface area contributed by atoms with E-state index in [9.17, 15) is 5.11 Å². The molecular weight excluding hydrogens is 244 g/mol. The van der Waals surface area contributed by atoms with Crippen LogP contribution in [0.2, 0.25) is 0 Å². The average molecular weight is 266 g/mol. The first-order valence-corrected chi connectivity index (χ1v) is 7.36. The van der Waals surface area contributed by atoms with Gasteiger partial charge in [0, 0.05) is 12.3 Å². The van der Waals surface area contributed by atoms with Gasteiger partial charge in [0.05, 0.1) is 0 Å². The van der Waals surface area contributed by atoms with Crippen molar-refractivity contribution >= 4 is 0 Å². The monoisotopic (exact) mass is 266 g/mol. The molecule has 0 aromatic carbocycles. The molecule has 7 atom stereocenters. The van der Waals surface area contributed by atoms with E-state index in [0.717, 1.165) is 31.3 Å². The molecule has 0 aromatic rings. The predicted molar refractivity (Wildman–Crippen MR) is 67.9 cm³/mol. The Balaban J connectivity index is 1.84. The van der Waals surface area contributed by atoms with Crippen LogP contribution in [0.3, 0.4) is 0 Å². The molecule has 4 heteroatoms. The third-order valence-corrected chi connectivity index (χ3v) is 5.77. The number of hydrogen-bond donors (Lipinski definition) is 1. The molecule has 4 rings (SSSR count). The van der Waals surface area contributed by atoms with Crippen LogP contribution in [-0.2, 0) is 14.2 Å². The Kier molecular flexibility index (Phi) is 2.34. The first kappa shape index (κ1) is 12.3. The largest absolute Gasteiger partial charge is 0.364 e. The maximum Gasteiger partial charge on any atom is 0.194 e. The van der Waals surface area contributed by atoms with Crippen LogP contribution in [0.4, 0.5) is 0 Å². The van der Waals surface area contributed by atoms with Gasteiger partial charge in [-0.2, -0.15) is 0 Å². The Morgan fingerprint density at radius 2 is 2.11 bits per heavy atom. The first-order valence-electron chi connectivity index (χ1n) is 7.36. The molecule has 3 aliphatic heterocycles. The Morgan fingerprint density at radius 3 is 2.89 bits per heavy atom. The van der Waals surface area contributed by atoms with Gasteiger partial charge in [0.2, 0.25) is 0 Å². The minimum atomic E-state index is -0.916. The molecule has 3 heterocycles. The van der Waals surface area contributed by atoms with Crippen LogP contribution in [0.25, 0.3) is 0 Å². The summed E-state index contributed by atoms with van der Waals surface area (Å²) in [5.74, 6) is 0.651. The molecule has 0 amide bonds. The topological polar surface area (TPSA) is 47.9 Å². The molecule has 0 aromatic heterocycles. The normalized spacial score (nSPS) is 59.9. The maximum atomic E-state index is 10.0. The molecule has 1 spiro atoms. The van der Waals surface area contributed by atoms with Gasteiger partial charge in [-0.3, -0.25) is 0 Å². The van der Waals surface area contributed by atoms with Crippen molar-refractivity contribution in [2.45, 2.75) is 63.5 Å². The highest BCUT2D eigenvalue weighted by atomic mass is 16.9. The van der Waals surface area contributed by atoms with E-state index in [2.05, 4.69) is 13.5 Å². The third-order valence-electron chi connectivity index (χ3n) is 5.77. The van der Waals surface area contributed by atoms with E-state index in [1.54, 1.807) is 0 Å². The van der Waals surface area contributed by atoms with Gasteiger partial charge < -0.3 is 19.3 Å². The molecule has 19 heavy (non-hydrogen) atoms. The van der Waals surface area contributed by atoms with Gasteiger partial charge in [0.15, 0.2) is 18.4 Å². The van der Waals surface area contributed by atoms with Crippen molar-refractivity contribution in [3.8, 4) is 0 Å². The smallest absolute Gasteiger partial charge is 0.194 e. The molecule has 3 saturated heterocycles. The molecule has 1 aliphatic carbocycles. The van der Waals surface area contributed by atoms with Crippen molar-refractivity contribution in [1.29, 1.82) is 0 Å². The van der Waals surface area contributed by atoms with E-state index in [4.69, 9.17) is 14.2 Å². The fourth-order valence-electron chi connectivity index (χ4n) is 4.83. The van der Waals surface area contributed by atoms with Gasteiger partial charge in [-0.25, -0.2) is 0 Å². The molecule has 1 N–H and O–H groups in total. The lowest BCUT2D eigenvalue weighted by atomic mass is 9.58. The van der Waals surface area contributed by atoms with Crippen molar-refractivity contribution in [3.63, 3.8) is 0 Å². The van der Waals surface area contributed by atoms with Crippen molar-refractivity contribution in [3.05, 3.63) is 12.2 Å². The lowest BCUT2D eigenvalue weighted by Gasteiger charge is -2.56. The number of fused-ring (bicyclic) bond motifs is 1. The van der Waals surface area contributed by atoms with Crippen LogP contribution < -0.4 is 0 Å². The second kappa shape index (κ2) is 3.61. The molecule has 4 nitrogen and oxygen atoms in total. The van der Waals surface area contributed by atoms with E-state index >= 15 is 0 Å². The number of aliphatic hydroxyl groups is 1. The Morgan fingerprint density at radius 1 is 1.32 bits per heavy atom. The van der Waals surface area contributed by atoms with Crippen molar-refractivity contribution in [2.75, 3.05) is 0 Å². The molecule has 4 aliphatic rings. The summed E-state index contributed by atoms with van der Waals surface area (Å²) < 4.78 is 18.1. The summed E-state index contributed by atoms with van der Waals surface area (Å²) in [6.45, 7) is 8.34. The summed E-state index contributed by atoms with van der Waals surface area (Å²) >= 11 is 0. The maximum absolute atomic E-state index is 10.0. The summed E-state index contributed by atoms with van der Waals surface area (Å²) in [4.78, 5) is 0. The minimum Gasteiger partial charge on any atom is -0.364 e. The SMILES string of the molecule is C=C1C(O)O[C@@H]2O[C@@]3(C)CC[C@H]4[C@H](C)CCC1[C@@]24O3. The van der Waals surface area contributed by atoms with Crippen LogP contribution in [-0.4, -0.2) is 29.1 Å². The number of aliphatic hydroxyl groups excluding tert-OH is 1. The third kappa shape index (κ3) is 1.38. The highest BCUT2D eigenvalue weighted by Gasteiger charge is 2.70. The second-order valence-corrected chi connectivity index (χ2v) is 6.85. The standard InChI is InChI=1S/C15H22O4/c1-8-4-5-11-9(2)12(16)17-13-15(11)10(8)6-7-14(3,18-13)19-15/h8,10-13,16H,2,4-7H2,1,3H3/t8-,10+,11?,12?,13-,14-,15-/m1/s1. The number of ether oxygens (including phenoxy) is 3. The molecule has 2 unspecified atom stereocenters. The van der Waals surface area contributed by atoms with Crippen molar-refractivity contribution in [2.24, 2.45) is 17.8 Å². The van der Waals surface area contributed by atoms with Crippen LogP contribution in [0.5, 0.6) is 0 Å². The summed E-state index contributed by atoms with van der Waals surface area (Å²) in [5, 5.41) is 10.0. The molecular formula is C15H22O4. The summed E-state index contributed by atoms with van der Waals surface area (Å²) in [5.41, 5.74) is 0.351. The van der Waals surface area contributed by atoms with Crippen LogP contribution in [0.1, 0.15) is 39.5 Å². The quantitative estimate of drug-likeness (QED) is 0.683. The number of rotatable bonds is 0. The highest BCUT2D eigenvalue weighted by Crippen LogP contribution is 2.62. The van der Waals surface area contributed by atoms with E-state index < -0.39 is 24.0 Å². The van der Waals surface area contributed by atoms with Gasteiger partial charge in [0.1, 0.15) is 5.60 Å². The molecule has 2 bridgehead atoms. The lowest BCUT2D eigenvalue weighted by molar-refractivity contribution is -0.280. The Hall–Kier alpha value is -0.420. The Labute approximate surface area is 113 Å².